The lowest BCUT2D eigenvalue weighted by atomic mass is 10.1. The summed E-state index contributed by atoms with van der Waals surface area (Å²) >= 11 is 9.18. The second kappa shape index (κ2) is 7.91. The van der Waals surface area contributed by atoms with Gasteiger partial charge in [-0.2, -0.15) is 11.8 Å². The Bertz CT molecular complexity index is 422. The van der Waals surface area contributed by atoms with Gasteiger partial charge in [0.15, 0.2) is 0 Å². The Hall–Kier alpha value is 0.290. The first-order chi connectivity index (χ1) is 9.20. The molecule has 2 nitrogen and oxygen atoms in total. The van der Waals surface area contributed by atoms with E-state index in [1.165, 1.54) is 29.9 Å². The van der Waals surface area contributed by atoms with Crippen LogP contribution >= 0.6 is 43.6 Å². The predicted molar refractivity (Wildman–Crippen MR) is 90.2 cm³/mol. The SMILES string of the molecule is CCOc1c(Br)cc(Br)cc1CNC1CCSCC1. The minimum Gasteiger partial charge on any atom is -0.492 e. The second-order valence-corrected chi connectivity index (χ2v) is 7.57. The molecule has 0 atom stereocenters. The van der Waals surface area contributed by atoms with Gasteiger partial charge >= 0.3 is 0 Å². The summed E-state index contributed by atoms with van der Waals surface area (Å²) in [4.78, 5) is 0. The van der Waals surface area contributed by atoms with Crippen LogP contribution in [0.5, 0.6) is 5.75 Å². The molecule has 1 aliphatic heterocycles. The van der Waals surface area contributed by atoms with Gasteiger partial charge in [0.05, 0.1) is 11.1 Å². The summed E-state index contributed by atoms with van der Waals surface area (Å²) in [5, 5.41) is 3.66. The fraction of sp³-hybridized carbons (Fsp3) is 0.571. The number of hydrogen-bond acceptors (Lipinski definition) is 3. The number of ether oxygens (including phenoxy) is 1. The average Bonchev–Trinajstić information content (AvgIpc) is 2.41. The van der Waals surface area contributed by atoms with E-state index in [1.54, 1.807) is 0 Å². The van der Waals surface area contributed by atoms with Gasteiger partial charge in [-0.15, -0.1) is 0 Å². The second-order valence-electron chi connectivity index (χ2n) is 4.58. The molecule has 0 unspecified atom stereocenters. The van der Waals surface area contributed by atoms with E-state index in [9.17, 15) is 0 Å². The highest BCUT2D eigenvalue weighted by Gasteiger charge is 2.15. The van der Waals surface area contributed by atoms with Gasteiger partial charge in [0.1, 0.15) is 5.75 Å². The van der Waals surface area contributed by atoms with Crippen molar-refractivity contribution in [2.45, 2.75) is 32.4 Å². The molecule has 0 saturated carbocycles. The van der Waals surface area contributed by atoms with E-state index in [2.05, 4.69) is 55.0 Å². The topological polar surface area (TPSA) is 21.3 Å². The molecule has 0 spiro atoms. The summed E-state index contributed by atoms with van der Waals surface area (Å²) in [7, 11) is 0. The smallest absolute Gasteiger partial charge is 0.138 e. The molecule has 1 aromatic carbocycles. The molecule has 0 amide bonds. The highest BCUT2D eigenvalue weighted by molar-refractivity contribution is 9.11. The number of thioether (sulfide) groups is 1. The van der Waals surface area contributed by atoms with Crippen molar-refractivity contribution >= 4 is 43.6 Å². The fourth-order valence-corrected chi connectivity index (χ4v) is 4.74. The van der Waals surface area contributed by atoms with E-state index in [0.717, 1.165) is 21.2 Å². The molecule has 5 heteroatoms. The molecule has 1 heterocycles. The van der Waals surface area contributed by atoms with Crippen LogP contribution < -0.4 is 10.1 Å². The first kappa shape index (κ1) is 15.7. The molecule has 2 rings (SSSR count). The first-order valence-corrected chi connectivity index (χ1v) is 9.36. The lowest BCUT2D eigenvalue weighted by molar-refractivity contribution is 0.332. The van der Waals surface area contributed by atoms with Gasteiger partial charge in [-0.3, -0.25) is 0 Å². The molecule has 1 saturated heterocycles. The van der Waals surface area contributed by atoms with Gasteiger partial charge in [-0.1, -0.05) is 15.9 Å². The third-order valence-corrected chi connectivity index (χ3v) is 5.27. The van der Waals surface area contributed by atoms with Gasteiger partial charge in [0.25, 0.3) is 0 Å². The number of hydrogen-bond donors (Lipinski definition) is 1. The number of benzene rings is 1. The van der Waals surface area contributed by atoms with E-state index in [0.29, 0.717) is 12.6 Å². The van der Waals surface area contributed by atoms with Gasteiger partial charge in [-0.05, 0) is 59.3 Å². The Kier molecular flexibility index (Phi) is 6.53. The molecule has 0 aliphatic carbocycles. The molecule has 1 aliphatic rings. The highest BCUT2D eigenvalue weighted by Crippen LogP contribution is 2.33. The van der Waals surface area contributed by atoms with Crippen molar-refractivity contribution < 1.29 is 4.74 Å². The van der Waals surface area contributed by atoms with E-state index in [4.69, 9.17) is 4.74 Å². The van der Waals surface area contributed by atoms with E-state index < -0.39 is 0 Å². The van der Waals surface area contributed by atoms with Crippen molar-refractivity contribution in [3.63, 3.8) is 0 Å². The van der Waals surface area contributed by atoms with Crippen LogP contribution in [-0.2, 0) is 6.54 Å². The lowest BCUT2D eigenvalue weighted by Gasteiger charge is -2.23. The Morgan fingerprint density at radius 2 is 2.05 bits per heavy atom. The largest absolute Gasteiger partial charge is 0.492 e. The third-order valence-electron chi connectivity index (χ3n) is 3.18. The standard InChI is InChI=1S/C14H19Br2NOS/c1-2-18-14-10(7-11(15)8-13(14)16)9-17-12-3-5-19-6-4-12/h7-8,12,17H,2-6,9H2,1H3. The first-order valence-electron chi connectivity index (χ1n) is 6.62. The molecule has 1 fully saturated rings. The third kappa shape index (κ3) is 4.66. The zero-order valence-corrected chi connectivity index (χ0v) is 15.0. The zero-order valence-electron chi connectivity index (χ0n) is 11.0. The summed E-state index contributed by atoms with van der Waals surface area (Å²) in [6.45, 7) is 3.57. The molecule has 0 aromatic heterocycles. The van der Waals surface area contributed by atoms with E-state index >= 15 is 0 Å². The Morgan fingerprint density at radius 1 is 1.32 bits per heavy atom. The van der Waals surface area contributed by atoms with Crippen LogP contribution in [0, 0.1) is 0 Å². The van der Waals surface area contributed by atoms with Gasteiger partial charge in [0, 0.05) is 22.6 Å². The summed E-state index contributed by atoms with van der Waals surface area (Å²) < 4.78 is 7.85. The molecule has 106 valence electrons. The Morgan fingerprint density at radius 3 is 2.74 bits per heavy atom. The predicted octanol–water partition coefficient (Wildman–Crippen LogP) is 4.60. The van der Waals surface area contributed by atoms with Crippen molar-refractivity contribution in [2.24, 2.45) is 0 Å². The molecule has 1 aromatic rings. The summed E-state index contributed by atoms with van der Waals surface area (Å²) in [6, 6.07) is 4.82. The maximum absolute atomic E-state index is 5.75. The zero-order chi connectivity index (χ0) is 13.7. The lowest BCUT2D eigenvalue weighted by Crippen LogP contribution is -2.32. The van der Waals surface area contributed by atoms with Crippen molar-refractivity contribution in [1.82, 2.24) is 5.32 Å². The van der Waals surface area contributed by atoms with Crippen molar-refractivity contribution in [3.05, 3.63) is 26.6 Å². The highest BCUT2D eigenvalue weighted by atomic mass is 79.9. The van der Waals surface area contributed by atoms with Crippen LogP contribution in [0.4, 0.5) is 0 Å². The van der Waals surface area contributed by atoms with Crippen LogP contribution in [0.2, 0.25) is 0 Å². The van der Waals surface area contributed by atoms with Crippen molar-refractivity contribution in [2.75, 3.05) is 18.1 Å². The molecule has 0 radical (unpaired) electrons. The van der Waals surface area contributed by atoms with Gasteiger partial charge in [0.2, 0.25) is 0 Å². The maximum atomic E-state index is 5.75. The number of rotatable bonds is 5. The van der Waals surface area contributed by atoms with Crippen LogP contribution in [0.1, 0.15) is 25.3 Å². The van der Waals surface area contributed by atoms with Crippen LogP contribution in [0.3, 0.4) is 0 Å². The monoisotopic (exact) mass is 407 g/mol. The molecule has 1 N–H and O–H groups in total. The summed E-state index contributed by atoms with van der Waals surface area (Å²) in [5.74, 6) is 3.51. The van der Waals surface area contributed by atoms with Gasteiger partial charge in [-0.25, -0.2) is 0 Å². The van der Waals surface area contributed by atoms with Crippen LogP contribution in [0.25, 0.3) is 0 Å². The number of halogens is 2. The van der Waals surface area contributed by atoms with Crippen LogP contribution in [0.15, 0.2) is 21.1 Å². The average molecular weight is 409 g/mol. The minimum atomic E-state index is 0.647. The van der Waals surface area contributed by atoms with Gasteiger partial charge < -0.3 is 10.1 Å². The van der Waals surface area contributed by atoms with E-state index in [1.807, 2.05) is 13.0 Å². The fourth-order valence-electron chi connectivity index (χ4n) is 2.21. The van der Waals surface area contributed by atoms with Crippen LogP contribution in [-0.4, -0.2) is 24.2 Å². The number of nitrogens with one attached hydrogen (secondary N) is 1. The molecule has 0 bridgehead atoms. The van der Waals surface area contributed by atoms with Crippen molar-refractivity contribution in [1.29, 1.82) is 0 Å². The Labute approximate surface area is 136 Å². The molecular formula is C14H19Br2NOS. The minimum absolute atomic E-state index is 0.647. The Balaban J connectivity index is 2.04. The summed E-state index contributed by atoms with van der Waals surface area (Å²) in [6.07, 6.45) is 2.54. The normalized spacial score (nSPS) is 16.6. The quantitative estimate of drug-likeness (QED) is 0.769. The van der Waals surface area contributed by atoms with Crippen molar-refractivity contribution in [3.8, 4) is 5.75 Å². The maximum Gasteiger partial charge on any atom is 0.138 e. The molecule has 19 heavy (non-hydrogen) atoms. The summed E-state index contributed by atoms with van der Waals surface area (Å²) in [5.41, 5.74) is 1.21. The van der Waals surface area contributed by atoms with E-state index in [-0.39, 0.29) is 0 Å². The molecular weight excluding hydrogens is 390 g/mol.